The monoisotopic (exact) mass is 392 g/mol. The van der Waals surface area contributed by atoms with Gasteiger partial charge in [-0.25, -0.2) is 0 Å². The summed E-state index contributed by atoms with van der Waals surface area (Å²) in [4.78, 5) is 0. The molecular formula is C26H48O2. The molecule has 0 saturated heterocycles. The van der Waals surface area contributed by atoms with Crippen LogP contribution in [0.3, 0.4) is 0 Å². The quantitative estimate of drug-likeness (QED) is 0.494. The molecule has 2 rings (SSSR count). The van der Waals surface area contributed by atoms with E-state index in [-0.39, 0.29) is 12.2 Å². The Kier molecular flexibility index (Phi) is 11.1. The van der Waals surface area contributed by atoms with Crippen LogP contribution in [0.5, 0.6) is 0 Å². The Hall–Kier alpha value is -0.600. The second-order valence-electron chi connectivity index (χ2n) is 9.94. The van der Waals surface area contributed by atoms with Gasteiger partial charge >= 0.3 is 0 Å². The van der Waals surface area contributed by atoms with Gasteiger partial charge in [0.15, 0.2) is 0 Å². The summed E-state index contributed by atoms with van der Waals surface area (Å²) in [5.41, 5.74) is 1.73. The van der Waals surface area contributed by atoms with Crippen molar-refractivity contribution in [3.8, 4) is 0 Å². The fourth-order valence-corrected chi connectivity index (χ4v) is 5.26. The molecule has 2 N–H and O–H groups in total. The molecule has 0 bridgehead atoms. The van der Waals surface area contributed by atoms with Gasteiger partial charge in [0.05, 0.1) is 12.2 Å². The topological polar surface area (TPSA) is 40.5 Å². The lowest BCUT2D eigenvalue weighted by Gasteiger charge is -2.36. The average molecular weight is 393 g/mol. The highest BCUT2D eigenvalue weighted by Gasteiger charge is 2.43. The van der Waals surface area contributed by atoms with E-state index in [0.717, 1.165) is 44.4 Å². The zero-order chi connectivity index (χ0) is 21.3. The van der Waals surface area contributed by atoms with Crippen LogP contribution in [0.25, 0.3) is 0 Å². The predicted octanol–water partition coefficient (Wildman–Crippen LogP) is 6.92. The van der Waals surface area contributed by atoms with Gasteiger partial charge in [-0.2, -0.15) is 0 Å². The van der Waals surface area contributed by atoms with Gasteiger partial charge in [0.1, 0.15) is 0 Å². The van der Waals surface area contributed by atoms with Crippen molar-refractivity contribution in [2.24, 2.45) is 29.1 Å². The van der Waals surface area contributed by atoms with Crippen molar-refractivity contribution < 1.29 is 10.2 Å². The van der Waals surface area contributed by atoms with Crippen molar-refractivity contribution in [2.75, 3.05) is 0 Å². The molecule has 0 aliphatic heterocycles. The minimum Gasteiger partial charge on any atom is -0.393 e. The van der Waals surface area contributed by atoms with Gasteiger partial charge in [0.2, 0.25) is 0 Å². The number of aliphatic hydroxyl groups is 2. The predicted molar refractivity (Wildman–Crippen MR) is 122 cm³/mol. The Balaban J connectivity index is 0.00000190. The Morgan fingerprint density at radius 1 is 1.07 bits per heavy atom. The second-order valence-corrected chi connectivity index (χ2v) is 9.94. The Morgan fingerprint density at radius 3 is 2.36 bits per heavy atom. The molecule has 0 radical (unpaired) electrons. The Labute approximate surface area is 175 Å². The van der Waals surface area contributed by atoms with Gasteiger partial charge < -0.3 is 10.2 Å². The van der Waals surface area contributed by atoms with Gasteiger partial charge in [-0.15, -0.1) is 0 Å². The van der Waals surface area contributed by atoms with Crippen molar-refractivity contribution in [2.45, 2.75) is 112 Å². The number of hydrogen-bond donors (Lipinski definition) is 2. The zero-order valence-electron chi connectivity index (χ0n) is 19.7. The molecule has 2 aliphatic carbocycles. The molecule has 0 aromatic heterocycles. The normalized spacial score (nSPS) is 31.1. The maximum atomic E-state index is 10.1. The van der Waals surface area contributed by atoms with Crippen LogP contribution in [-0.4, -0.2) is 22.4 Å². The van der Waals surface area contributed by atoms with Gasteiger partial charge in [0, 0.05) is 0 Å². The first-order valence-electron chi connectivity index (χ1n) is 11.9. The maximum absolute atomic E-state index is 10.1. The number of rotatable bonds is 7. The van der Waals surface area contributed by atoms with Crippen LogP contribution in [0.15, 0.2) is 23.8 Å². The fourth-order valence-electron chi connectivity index (χ4n) is 5.26. The Bertz CT molecular complexity index is 489. The molecule has 2 nitrogen and oxygen atoms in total. The van der Waals surface area contributed by atoms with Crippen molar-refractivity contribution in [3.05, 3.63) is 23.8 Å². The molecule has 0 aromatic carbocycles. The Morgan fingerprint density at radius 2 is 1.75 bits per heavy atom. The van der Waals surface area contributed by atoms with Crippen LogP contribution in [0.1, 0.15) is 99.8 Å². The van der Waals surface area contributed by atoms with Crippen LogP contribution < -0.4 is 0 Å². The summed E-state index contributed by atoms with van der Waals surface area (Å²) < 4.78 is 0. The largest absolute Gasteiger partial charge is 0.393 e. The first-order valence-corrected chi connectivity index (χ1v) is 11.9. The molecule has 2 saturated carbocycles. The van der Waals surface area contributed by atoms with Gasteiger partial charge in [0.25, 0.3) is 0 Å². The summed E-state index contributed by atoms with van der Waals surface area (Å²) >= 11 is 0. The van der Waals surface area contributed by atoms with Crippen LogP contribution in [0, 0.1) is 29.1 Å². The van der Waals surface area contributed by atoms with Gasteiger partial charge in [-0.3, -0.25) is 0 Å². The first-order chi connectivity index (χ1) is 13.2. The summed E-state index contributed by atoms with van der Waals surface area (Å²) in [5.74, 6) is 2.40. The van der Waals surface area contributed by atoms with E-state index < -0.39 is 0 Å². The van der Waals surface area contributed by atoms with E-state index in [4.69, 9.17) is 0 Å². The molecule has 0 aromatic rings. The highest BCUT2D eigenvalue weighted by molar-refractivity contribution is 5.17. The van der Waals surface area contributed by atoms with E-state index in [1.165, 1.54) is 18.4 Å². The minimum atomic E-state index is -0.157. The van der Waals surface area contributed by atoms with E-state index in [0.29, 0.717) is 23.2 Å². The van der Waals surface area contributed by atoms with E-state index in [2.05, 4.69) is 52.8 Å². The van der Waals surface area contributed by atoms with Gasteiger partial charge in [-0.05, 0) is 80.5 Å². The highest BCUT2D eigenvalue weighted by atomic mass is 16.3. The molecule has 2 aliphatic rings. The maximum Gasteiger partial charge on any atom is 0.0577 e. The number of hydrogen-bond acceptors (Lipinski definition) is 2. The van der Waals surface area contributed by atoms with Gasteiger partial charge in [-0.1, -0.05) is 72.3 Å². The van der Waals surface area contributed by atoms with Crippen LogP contribution in [0.2, 0.25) is 0 Å². The fraction of sp³-hybridized carbons (Fsp3) is 0.846. The van der Waals surface area contributed by atoms with E-state index in [9.17, 15) is 10.2 Å². The molecule has 0 heterocycles. The average Bonchev–Trinajstić information content (AvgIpc) is 2.95. The molecule has 0 amide bonds. The van der Waals surface area contributed by atoms with Crippen molar-refractivity contribution in [1.82, 2.24) is 0 Å². The smallest absolute Gasteiger partial charge is 0.0577 e. The molecule has 1 unspecified atom stereocenters. The third kappa shape index (κ3) is 7.34. The molecule has 2 heteroatoms. The zero-order valence-corrected chi connectivity index (χ0v) is 19.7. The van der Waals surface area contributed by atoms with Crippen molar-refractivity contribution in [3.63, 3.8) is 0 Å². The SMILES string of the molecule is CC.CC(C)[C@H](O)CC[C@H](C)C1CC[C@@H](/C=C/C=C2/CCC[C@H](O)C2)C1(C)C. The number of allylic oxidation sites excluding steroid dienone is 3. The van der Waals surface area contributed by atoms with Crippen LogP contribution in [0.4, 0.5) is 0 Å². The third-order valence-electron chi connectivity index (χ3n) is 7.28. The molecule has 5 atom stereocenters. The summed E-state index contributed by atoms with van der Waals surface area (Å²) in [7, 11) is 0. The molecule has 164 valence electrons. The lowest BCUT2D eigenvalue weighted by Crippen LogP contribution is -2.29. The van der Waals surface area contributed by atoms with Crippen LogP contribution >= 0.6 is 0 Å². The van der Waals surface area contributed by atoms with Crippen molar-refractivity contribution in [1.29, 1.82) is 0 Å². The summed E-state index contributed by atoms with van der Waals surface area (Å²) in [6.45, 7) is 15.5. The lowest BCUT2D eigenvalue weighted by molar-refractivity contribution is 0.0913. The summed E-state index contributed by atoms with van der Waals surface area (Å²) in [6.07, 6.45) is 15.4. The van der Waals surface area contributed by atoms with E-state index >= 15 is 0 Å². The van der Waals surface area contributed by atoms with E-state index in [1.54, 1.807) is 0 Å². The molecule has 0 spiro atoms. The molecular weight excluding hydrogens is 344 g/mol. The molecule has 28 heavy (non-hydrogen) atoms. The van der Waals surface area contributed by atoms with E-state index in [1.807, 2.05) is 13.8 Å². The highest BCUT2D eigenvalue weighted by Crippen LogP contribution is 2.52. The third-order valence-corrected chi connectivity index (χ3v) is 7.28. The minimum absolute atomic E-state index is 0.127. The molecule has 2 fully saturated rings. The lowest BCUT2D eigenvalue weighted by atomic mass is 9.69. The summed E-state index contributed by atoms with van der Waals surface area (Å²) in [5, 5.41) is 19.9. The standard InChI is InChI=1S/C24H42O2.C2H6/c1-17(2)23(26)15-12-18(3)22-14-13-20(24(22,4)5)10-6-8-19-9-7-11-21(25)16-19;1-2/h6,8,10,17-18,20-23,25-26H,7,9,11-16H2,1-5H3;1-2H3/b10-6+,19-8-;/t18-,20+,21-,22?,23+;/m0./s1. The van der Waals surface area contributed by atoms with Crippen molar-refractivity contribution >= 4 is 0 Å². The number of aliphatic hydroxyl groups excluding tert-OH is 2. The first kappa shape index (κ1) is 25.4. The van der Waals surface area contributed by atoms with Crippen LogP contribution in [-0.2, 0) is 0 Å². The second kappa shape index (κ2) is 12.2. The summed E-state index contributed by atoms with van der Waals surface area (Å²) in [6, 6.07) is 0.